The summed E-state index contributed by atoms with van der Waals surface area (Å²) >= 11 is 0. The Morgan fingerprint density at radius 3 is 2.29 bits per heavy atom. The minimum Gasteiger partial charge on any atom is -0.396 e. The Hall–Kier alpha value is -0.660. The van der Waals surface area contributed by atoms with Gasteiger partial charge in [-0.1, -0.05) is 0 Å². The van der Waals surface area contributed by atoms with Crippen molar-refractivity contribution in [3.8, 4) is 0 Å². The maximum Gasteiger partial charge on any atom is 0.225 e. The van der Waals surface area contributed by atoms with Crippen LogP contribution in [0.3, 0.4) is 0 Å². The number of likely N-dealkylation sites (tertiary alicyclic amines) is 2. The Balaban J connectivity index is 1.59. The summed E-state index contributed by atoms with van der Waals surface area (Å²) in [5.41, 5.74) is 0. The molecule has 3 heterocycles. The average Bonchev–Trinajstić information content (AvgIpc) is 3.07. The molecule has 0 bridgehead atoms. The summed E-state index contributed by atoms with van der Waals surface area (Å²) in [5, 5.41) is 9.62. The van der Waals surface area contributed by atoms with E-state index in [2.05, 4.69) is 4.90 Å². The molecular formula is C17H30N2O4S. The molecule has 6 nitrogen and oxygen atoms in total. The summed E-state index contributed by atoms with van der Waals surface area (Å²) in [5.74, 6) is 0.802. The minimum atomic E-state index is -2.94. The van der Waals surface area contributed by atoms with Crippen molar-refractivity contribution in [2.24, 2.45) is 17.8 Å². The van der Waals surface area contributed by atoms with E-state index in [1.165, 1.54) is 12.8 Å². The van der Waals surface area contributed by atoms with Gasteiger partial charge in [-0.25, -0.2) is 8.42 Å². The lowest BCUT2D eigenvalue weighted by atomic mass is 9.88. The molecule has 1 N–H and O–H groups in total. The quantitative estimate of drug-likeness (QED) is 0.785. The van der Waals surface area contributed by atoms with Crippen LogP contribution in [0, 0.1) is 17.8 Å². The van der Waals surface area contributed by atoms with Crippen molar-refractivity contribution in [1.82, 2.24) is 9.80 Å². The number of carbonyl (C=O) groups excluding carboxylic acids is 1. The zero-order chi connectivity index (χ0) is 17.2. The van der Waals surface area contributed by atoms with Crippen molar-refractivity contribution < 1.29 is 18.3 Å². The van der Waals surface area contributed by atoms with E-state index in [4.69, 9.17) is 0 Å². The Labute approximate surface area is 145 Å². The van der Waals surface area contributed by atoms with Crippen molar-refractivity contribution in [2.45, 2.75) is 32.1 Å². The third-order valence-electron chi connectivity index (χ3n) is 5.81. The fourth-order valence-electron chi connectivity index (χ4n) is 4.49. The third kappa shape index (κ3) is 4.49. The fourth-order valence-corrected chi connectivity index (χ4v) is 5.98. The molecule has 3 rings (SSSR count). The molecule has 7 heteroatoms. The Kier molecular flexibility index (Phi) is 5.82. The fraction of sp³-hybridized carbons (Fsp3) is 0.941. The number of aliphatic hydroxyl groups is 1. The molecule has 0 saturated carbocycles. The van der Waals surface area contributed by atoms with Crippen molar-refractivity contribution in [3.05, 3.63) is 0 Å². The van der Waals surface area contributed by atoms with Gasteiger partial charge in [0, 0.05) is 32.2 Å². The molecule has 2 atom stereocenters. The van der Waals surface area contributed by atoms with Gasteiger partial charge in [0.05, 0.1) is 11.5 Å². The Bertz CT molecular complexity index is 531. The number of hydrogen-bond donors (Lipinski definition) is 1. The Morgan fingerprint density at radius 1 is 1.04 bits per heavy atom. The highest BCUT2D eigenvalue weighted by atomic mass is 32.2. The summed E-state index contributed by atoms with van der Waals surface area (Å²) in [7, 11) is -2.94. The van der Waals surface area contributed by atoms with Crippen LogP contribution in [0.25, 0.3) is 0 Å². The first-order chi connectivity index (χ1) is 11.5. The number of aliphatic hydroxyl groups excluding tert-OH is 1. The van der Waals surface area contributed by atoms with Crippen LogP contribution in [0.2, 0.25) is 0 Å². The summed E-state index contributed by atoms with van der Waals surface area (Å²) in [6.45, 7) is 4.81. The van der Waals surface area contributed by atoms with E-state index in [1.807, 2.05) is 4.90 Å². The number of carbonyl (C=O) groups is 1. The molecular weight excluding hydrogens is 328 g/mol. The Morgan fingerprint density at radius 2 is 1.67 bits per heavy atom. The lowest BCUT2D eigenvalue weighted by Crippen LogP contribution is -2.50. The van der Waals surface area contributed by atoms with E-state index in [1.54, 1.807) is 0 Å². The number of sulfone groups is 1. The zero-order valence-corrected chi connectivity index (χ0v) is 15.2. The van der Waals surface area contributed by atoms with E-state index in [9.17, 15) is 18.3 Å². The van der Waals surface area contributed by atoms with Gasteiger partial charge in [0.2, 0.25) is 5.91 Å². The highest BCUT2D eigenvalue weighted by Gasteiger charge is 2.36. The predicted molar refractivity (Wildman–Crippen MR) is 92.3 cm³/mol. The summed E-state index contributed by atoms with van der Waals surface area (Å²) < 4.78 is 23.2. The van der Waals surface area contributed by atoms with Gasteiger partial charge in [-0.15, -0.1) is 0 Å². The standard InChI is InChI=1S/C17H30N2O4S/c20-13-15-9-14(10-18-5-1-2-6-18)11-19(12-15)17(21)16-3-7-24(22,23)8-4-16/h14-16,20H,1-13H2/t14-,15-/m1/s1. The number of amides is 1. The molecule has 0 aromatic rings. The number of hydrogen-bond acceptors (Lipinski definition) is 5. The van der Waals surface area contributed by atoms with Crippen molar-refractivity contribution >= 4 is 15.7 Å². The van der Waals surface area contributed by atoms with Gasteiger partial charge in [0.15, 0.2) is 0 Å². The van der Waals surface area contributed by atoms with Crippen LogP contribution in [-0.4, -0.2) is 80.1 Å². The number of rotatable bonds is 4. The van der Waals surface area contributed by atoms with E-state index >= 15 is 0 Å². The van der Waals surface area contributed by atoms with Crippen LogP contribution in [0.5, 0.6) is 0 Å². The molecule has 0 unspecified atom stereocenters. The highest BCUT2D eigenvalue weighted by molar-refractivity contribution is 7.91. The SMILES string of the molecule is O=C(C1CCS(=O)(=O)CC1)N1C[C@H](CO)C[C@H](CN2CCCC2)C1. The molecule has 0 spiro atoms. The van der Waals surface area contributed by atoms with Crippen LogP contribution >= 0.6 is 0 Å². The van der Waals surface area contributed by atoms with E-state index in [0.29, 0.717) is 25.3 Å². The first kappa shape index (κ1) is 18.1. The highest BCUT2D eigenvalue weighted by Crippen LogP contribution is 2.28. The second kappa shape index (κ2) is 7.70. The topological polar surface area (TPSA) is 77.9 Å². The van der Waals surface area contributed by atoms with Crippen LogP contribution in [0.1, 0.15) is 32.1 Å². The second-order valence-electron chi connectivity index (χ2n) is 7.83. The molecule has 3 fully saturated rings. The lowest BCUT2D eigenvalue weighted by Gasteiger charge is -2.40. The largest absolute Gasteiger partial charge is 0.396 e. The van der Waals surface area contributed by atoms with Crippen molar-refractivity contribution in [3.63, 3.8) is 0 Å². The van der Waals surface area contributed by atoms with Gasteiger partial charge < -0.3 is 14.9 Å². The smallest absolute Gasteiger partial charge is 0.225 e. The molecule has 0 aromatic carbocycles. The van der Waals surface area contributed by atoms with Crippen LogP contribution in [0.15, 0.2) is 0 Å². The number of piperidine rings is 1. The molecule has 0 radical (unpaired) electrons. The molecule has 0 aromatic heterocycles. The summed E-state index contributed by atoms with van der Waals surface area (Å²) in [4.78, 5) is 17.2. The monoisotopic (exact) mass is 358 g/mol. The second-order valence-corrected chi connectivity index (χ2v) is 10.1. The van der Waals surface area contributed by atoms with Crippen LogP contribution in [0.4, 0.5) is 0 Å². The van der Waals surface area contributed by atoms with Gasteiger partial charge in [0.25, 0.3) is 0 Å². The first-order valence-electron chi connectivity index (χ1n) is 9.29. The zero-order valence-electron chi connectivity index (χ0n) is 14.4. The molecule has 24 heavy (non-hydrogen) atoms. The van der Waals surface area contributed by atoms with Gasteiger partial charge in [-0.05, 0) is 57.0 Å². The van der Waals surface area contributed by atoms with E-state index < -0.39 is 9.84 Å². The molecule has 138 valence electrons. The van der Waals surface area contributed by atoms with Crippen LogP contribution in [-0.2, 0) is 14.6 Å². The normalized spacial score (nSPS) is 32.1. The van der Waals surface area contributed by atoms with Crippen molar-refractivity contribution in [1.29, 1.82) is 0 Å². The molecule has 1 amide bonds. The summed E-state index contributed by atoms with van der Waals surface area (Å²) in [6.07, 6.45) is 4.41. The van der Waals surface area contributed by atoms with Gasteiger partial charge in [0.1, 0.15) is 9.84 Å². The minimum absolute atomic E-state index is 0.106. The van der Waals surface area contributed by atoms with E-state index in [-0.39, 0.29) is 35.9 Å². The van der Waals surface area contributed by atoms with Gasteiger partial charge in [-0.2, -0.15) is 0 Å². The summed E-state index contributed by atoms with van der Waals surface area (Å²) in [6, 6.07) is 0. The lowest BCUT2D eigenvalue weighted by molar-refractivity contribution is -0.139. The van der Waals surface area contributed by atoms with Crippen molar-refractivity contribution in [2.75, 3.05) is 50.8 Å². The van der Waals surface area contributed by atoms with Gasteiger partial charge >= 0.3 is 0 Å². The molecule has 0 aliphatic carbocycles. The number of nitrogens with zero attached hydrogens (tertiary/aromatic N) is 2. The third-order valence-corrected chi connectivity index (χ3v) is 7.53. The van der Waals surface area contributed by atoms with Crippen LogP contribution < -0.4 is 0 Å². The van der Waals surface area contributed by atoms with Gasteiger partial charge in [-0.3, -0.25) is 4.79 Å². The molecule has 3 saturated heterocycles. The molecule has 3 aliphatic heterocycles. The van der Waals surface area contributed by atoms with E-state index in [0.717, 1.165) is 32.6 Å². The average molecular weight is 359 g/mol. The molecule has 3 aliphatic rings. The maximum absolute atomic E-state index is 12.8. The first-order valence-corrected chi connectivity index (χ1v) is 11.1. The predicted octanol–water partition coefficient (Wildman–Crippen LogP) is 0.364. The maximum atomic E-state index is 12.8.